The number of rotatable bonds is 11. The van der Waals surface area contributed by atoms with Crippen molar-refractivity contribution in [1.29, 1.82) is 0 Å². The fraction of sp³-hybridized carbons (Fsp3) is 0.417. The molecule has 5 heteroatoms. The summed E-state index contributed by atoms with van der Waals surface area (Å²) in [5.41, 5.74) is 1.96. The topological polar surface area (TPSA) is 67.4 Å². The minimum Gasteiger partial charge on any atom is -0.494 e. The molecule has 2 amide bonds. The van der Waals surface area contributed by atoms with Gasteiger partial charge in [0.1, 0.15) is 5.75 Å². The number of nitrogens with one attached hydrogen (secondary N) is 2. The van der Waals surface area contributed by atoms with E-state index in [0.717, 1.165) is 12.2 Å². The monoisotopic (exact) mass is 396 g/mol. The van der Waals surface area contributed by atoms with Gasteiger partial charge in [-0.2, -0.15) is 0 Å². The lowest BCUT2D eigenvalue weighted by atomic mass is 10.1. The Morgan fingerprint density at radius 2 is 1.48 bits per heavy atom. The van der Waals surface area contributed by atoms with E-state index in [-0.39, 0.29) is 11.8 Å². The van der Waals surface area contributed by atoms with E-state index in [0.29, 0.717) is 35.9 Å². The molecule has 29 heavy (non-hydrogen) atoms. The van der Waals surface area contributed by atoms with Crippen molar-refractivity contribution in [3.05, 3.63) is 54.1 Å². The molecular weight excluding hydrogens is 364 g/mol. The average molecular weight is 397 g/mol. The van der Waals surface area contributed by atoms with E-state index in [1.807, 2.05) is 26.0 Å². The maximum absolute atomic E-state index is 12.4. The van der Waals surface area contributed by atoms with E-state index < -0.39 is 0 Å². The second-order valence-corrected chi connectivity index (χ2v) is 7.61. The molecule has 0 saturated heterocycles. The second-order valence-electron chi connectivity index (χ2n) is 7.61. The molecule has 2 aromatic carbocycles. The lowest BCUT2D eigenvalue weighted by Crippen LogP contribution is -2.14. The minimum atomic E-state index is -0.184. The van der Waals surface area contributed by atoms with Crippen LogP contribution in [-0.2, 0) is 4.79 Å². The maximum atomic E-state index is 12.4. The van der Waals surface area contributed by atoms with E-state index in [1.54, 1.807) is 36.4 Å². The number of anilines is 2. The number of hydrogen-bond acceptors (Lipinski definition) is 3. The van der Waals surface area contributed by atoms with Gasteiger partial charge in [-0.3, -0.25) is 9.59 Å². The summed E-state index contributed by atoms with van der Waals surface area (Å²) in [6, 6.07) is 14.3. The van der Waals surface area contributed by atoms with Crippen molar-refractivity contribution in [2.75, 3.05) is 17.2 Å². The lowest BCUT2D eigenvalue weighted by Gasteiger charge is -2.10. The van der Waals surface area contributed by atoms with Gasteiger partial charge in [-0.1, -0.05) is 40.0 Å². The first-order valence-electron chi connectivity index (χ1n) is 10.4. The zero-order chi connectivity index (χ0) is 21.1. The van der Waals surface area contributed by atoms with Gasteiger partial charge in [-0.25, -0.2) is 0 Å². The standard InChI is InChI=1S/C24H32N2O3/c1-4-5-6-7-16-29-22-14-8-19(9-15-22)24(28)26-21-12-10-20(11-13-21)25-23(27)17-18(2)3/h8-15,18H,4-7,16-17H2,1-3H3,(H,25,27)(H,26,28). The summed E-state index contributed by atoms with van der Waals surface area (Å²) in [6.45, 7) is 6.89. The molecule has 0 bridgehead atoms. The van der Waals surface area contributed by atoms with Crippen molar-refractivity contribution in [2.24, 2.45) is 5.92 Å². The molecule has 0 radical (unpaired) electrons. The first-order valence-corrected chi connectivity index (χ1v) is 10.4. The van der Waals surface area contributed by atoms with Crippen LogP contribution in [-0.4, -0.2) is 18.4 Å². The Balaban J connectivity index is 1.82. The van der Waals surface area contributed by atoms with Crippen LogP contribution < -0.4 is 15.4 Å². The van der Waals surface area contributed by atoms with Crippen LogP contribution in [0.3, 0.4) is 0 Å². The summed E-state index contributed by atoms with van der Waals surface area (Å²) in [4.78, 5) is 24.2. The van der Waals surface area contributed by atoms with Gasteiger partial charge in [0, 0.05) is 23.4 Å². The van der Waals surface area contributed by atoms with Gasteiger partial charge < -0.3 is 15.4 Å². The second kappa shape index (κ2) is 11.9. The number of carbonyl (C=O) groups is 2. The molecule has 0 aliphatic rings. The molecule has 2 rings (SSSR count). The number of carbonyl (C=O) groups excluding carboxylic acids is 2. The molecule has 0 aromatic heterocycles. The Morgan fingerprint density at radius 1 is 0.862 bits per heavy atom. The van der Waals surface area contributed by atoms with Crippen LogP contribution in [0, 0.1) is 5.92 Å². The fourth-order valence-electron chi connectivity index (χ4n) is 2.84. The lowest BCUT2D eigenvalue weighted by molar-refractivity contribution is -0.116. The van der Waals surface area contributed by atoms with Crippen LogP contribution in [0.15, 0.2) is 48.5 Å². The van der Waals surface area contributed by atoms with Crippen molar-refractivity contribution in [3.8, 4) is 5.75 Å². The number of ether oxygens (including phenoxy) is 1. The quantitative estimate of drug-likeness (QED) is 0.466. The van der Waals surface area contributed by atoms with Crippen LogP contribution in [0.1, 0.15) is 63.2 Å². The third kappa shape index (κ3) is 8.38. The van der Waals surface area contributed by atoms with Crippen molar-refractivity contribution in [3.63, 3.8) is 0 Å². The SMILES string of the molecule is CCCCCCOc1ccc(C(=O)Nc2ccc(NC(=O)CC(C)C)cc2)cc1. The highest BCUT2D eigenvalue weighted by Gasteiger charge is 2.08. The predicted octanol–water partition coefficient (Wildman–Crippen LogP) is 5.88. The van der Waals surface area contributed by atoms with Gasteiger partial charge in [-0.05, 0) is 60.9 Å². The van der Waals surface area contributed by atoms with Gasteiger partial charge in [0.25, 0.3) is 5.91 Å². The Morgan fingerprint density at radius 3 is 2.07 bits per heavy atom. The third-order valence-electron chi connectivity index (χ3n) is 4.40. The molecule has 2 aromatic rings. The first kappa shape index (κ1) is 22.5. The normalized spacial score (nSPS) is 10.6. The first-order chi connectivity index (χ1) is 14.0. The van der Waals surface area contributed by atoms with Gasteiger partial charge in [0.05, 0.1) is 6.61 Å². The van der Waals surface area contributed by atoms with Crippen molar-refractivity contribution in [2.45, 2.75) is 52.9 Å². The van der Waals surface area contributed by atoms with Crippen LogP contribution in [0.25, 0.3) is 0 Å². The van der Waals surface area contributed by atoms with E-state index in [1.165, 1.54) is 19.3 Å². The molecule has 0 unspecified atom stereocenters. The Hall–Kier alpha value is -2.82. The molecule has 156 valence electrons. The molecule has 2 N–H and O–H groups in total. The highest BCUT2D eigenvalue weighted by atomic mass is 16.5. The zero-order valence-corrected chi connectivity index (χ0v) is 17.7. The van der Waals surface area contributed by atoms with E-state index in [9.17, 15) is 9.59 Å². The van der Waals surface area contributed by atoms with E-state index in [4.69, 9.17) is 4.74 Å². The summed E-state index contributed by atoms with van der Waals surface area (Å²) < 4.78 is 5.71. The summed E-state index contributed by atoms with van der Waals surface area (Å²) in [5.74, 6) is 0.895. The molecular formula is C24H32N2O3. The van der Waals surface area contributed by atoms with Crippen LogP contribution in [0.2, 0.25) is 0 Å². The van der Waals surface area contributed by atoms with Gasteiger partial charge in [0.2, 0.25) is 5.91 Å². The number of hydrogen-bond donors (Lipinski definition) is 2. The molecule has 0 atom stereocenters. The molecule has 0 saturated carbocycles. The van der Waals surface area contributed by atoms with Crippen LogP contribution in [0.5, 0.6) is 5.75 Å². The van der Waals surface area contributed by atoms with E-state index >= 15 is 0 Å². The summed E-state index contributed by atoms with van der Waals surface area (Å²) in [7, 11) is 0. The minimum absolute atomic E-state index is 0.00976. The number of amides is 2. The largest absolute Gasteiger partial charge is 0.494 e. The summed E-state index contributed by atoms with van der Waals surface area (Å²) in [6.07, 6.45) is 5.14. The highest BCUT2D eigenvalue weighted by Crippen LogP contribution is 2.17. The third-order valence-corrected chi connectivity index (χ3v) is 4.40. The predicted molar refractivity (Wildman–Crippen MR) is 119 cm³/mol. The average Bonchev–Trinajstić information content (AvgIpc) is 2.69. The maximum Gasteiger partial charge on any atom is 0.255 e. The Labute approximate surface area is 173 Å². The van der Waals surface area contributed by atoms with E-state index in [2.05, 4.69) is 17.6 Å². The summed E-state index contributed by atoms with van der Waals surface area (Å²) in [5, 5.41) is 5.72. The van der Waals surface area contributed by atoms with Crippen molar-refractivity contribution < 1.29 is 14.3 Å². The smallest absolute Gasteiger partial charge is 0.255 e. The fourth-order valence-corrected chi connectivity index (χ4v) is 2.84. The highest BCUT2D eigenvalue weighted by molar-refractivity contribution is 6.04. The van der Waals surface area contributed by atoms with Crippen molar-refractivity contribution >= 4 is 23.2 Å². The molecule has 5 nitrogen and oxygen atoms in total. The molecule has 0 fully saturated rings. The molecule has 0 spiro atoms. The van der Waals surface area contributed by atoms with Crippen molar-refractivity contribution in [1.82, 2.24) is 0 Å². The van der Waals surface area contributed by atoms with Gasteiger partial charge in [-0.15, -0.1) is 0 Å². The number of unbranched alkanes of at least 4 members (excludes halogenated alkanes) is 3. The number of benzene rings is 2. The molecule has 0 heterocycles. The molecule has 0 aliphatic carbocycles. The summed E-state index contributed by atoms with van der Waals surface area (Å²) >= 11 is 0. The Kier molecular flexibility index (Phi) is 9.22. The van der Waals surface area contributed by atoms with Crippen LogP contribution in [0.4, 0.5) is 11.4 Å². The van der Waals surface area contributed by atoms with Gasteiger partial charge >= 0.3 is 0 Å². The van der Waals surface area contributed by atoms with Gasteiger partial charge in [0.15, 0.2) is 0 Å². The Bertz CT molecular complexity index is 768. The van der Waals surface area contributed by atoms with Crippen LogP contribution >= 0.6 is 0 Å². The molecule has 0 aliphatic heterocycles. The zero-order valence-electron chi connectivity index (χ0n) is 17.7.